The lowest BCUT2D eigenvalue weighted by Crippen LogP contribution is -2.55. The fraction of sp³-hybridized carbons (Fsp3) is 0.500. The van der Waals surface area contributed by atoms with Gasteiger partial charge < -0.3 is 47.4 Å². The van der Waals surface area contributed by atoms with E-state index in [-0.39, 0.29) is 21.7 Å². The van der Waals surface area contributed by atoms with Gasteiger partial charge in [0.15, 0.2) is 0 Å². The first kappa shape index (κ1) is 56.3. The summed E-state index contributed by atoms with van der Waals surface area (Å²) in [5.74, 6) is 5.91. The lowest BCUT2D eigenvalue weighted by Gasteiger charge is -2.63. The van der Waals surface area contributed by atoms with Crippen molar-refractivity contribution in [2.24, 2.45) is 23.7 Å². The Morgan fingerprint density at radius 3 is 0.671 bits per heavy atom. The first-order valence-electron chi connectivity index (χ1n) is 29.1. The van der Waals surface area contributed by atoms with Crippen LogP contribution in [0.2, 0.25) is 20.1 Å². The molecule has 20 bridgehead atoms. The van der Waals surface area contributed by atoms with E-state index in [0.717, 1.165) is 143 Å². The molecule has 6 aromatic rings. The van der Waals surface area contributed by atoms with Gasteiger partial charge in [0.2, 0.25) is 23.5 Å². The fourth-order valence-electron chi connectivity index (χ4n) is 16.1. The standard InChI is InChI=1S/C52H44Cl4N4O4.3C4H8O2/c53-37-15-33-1-5-41(37)61-45-9-10-46(58-57-45)62-43-7-3-35(17-39(43)55)51-23-31-14-32(24-51)26-52(25-31,28-51)36-4-8-44(40(56)18-36)64-48-12-11-47(59-60-48)63-42-6-2-34(16-38(42)54)50-21-29-13-30(22-50)20-49(33,19-29)27-50;3*1-2-6-4-3-5-1/h1-12,15-18,29-32H,13-14,19-28H2;3*1-4H2. The first-order valence-corrected chi connectivity index (χ1v) is 30.6. The molecule has 4 aromatic carbocycles. The maximum Gasteiger partial charge on any atom is 0.239 e. The summed E-state index contributed by atoms with van der Waals surface area (Å²) in [5.41, 5.74) is 5.07. The minimum atomic E-state index is 0.00617. The van der Waals surface area contributed by atoms with E-state index in [1.54, 1.807) is 24.3 Å². The highest BCUT2D eigenvalue weighted by atomic mass is 35.5. The van der Waals surface area contributed by atoms with Gasteiger partial charge in [-0.25, -0.2) is 0 Å². The topological polar surface area (TPSA) is 144 Å². The van der Waals surface area contributed by atoms with Crippen LogP contribution in [0.4, 0.5) is 0 Å². The normalized spacial score (nSPS) is 29.8. The zero-order chi connectivity index (χ0) is 55.7. The maximum atomic E-state index is 7.03. The average Bonchev–Trinajstić information content (AvgIpc) is 2.74. The van der Waals surface area contributed by atoms with Crippen LogP contribution in [0.1, 0.15) is 99.3 Å². The Bertz CT molecular complexity index is 2750. The van der Waals surface area contributed by atoms with E-state index in [4.69, 9.17) is 93.8 Å². The maximum absolute atomic E-state index is 7.03. The molecule has 0 radical (unpaired) electrons. The van der Waals surface area contributed by atoms with E-state index in [1.165, 1.54) is 35.1 Å². The molecule has 432 valence electrons. The fourth-order valence-corrected chi connectivity index (χ4v) is 17.0. The predicted molar refractivity (Wildman–Crippen MR) is 311 cm³/mol. The highest BCUT2D eigenvalue weighted by Gasteiger charge is 2.60. The zero-order valence-electron chi connectivity index (χ0n) is 45.9. The summed E-state index contributed by atoms with van der Waals surface area (Å²) in [7, 11) is 0. The second-order valence-corrected chi connectivity index (χ2v) is 25.8. The van der Waals surface area contributed by atoms with Gasteiger partial charge in [-0.1, -0.05) is 70.7 Å². The number of nitrogens with zero attached hydrogens (tertiary/aromatic N) is 4. The van der Waals surface area contributed by atoms with Gasteiger partial charge in [0.25, 0.3) is 0 Å². The minimum Gasteiger partial charge on any atom is -0.436 e. The summed E-state index contributed by atoms with van der Waals surface area (Å²) in [6, 6.07) is 32.1. The molecule has 0 N–H and O–H groups in total. The van der Waals surface area contributed by atoms with E-state index in [0.29, 0.717) is 90.3 Å². The predicted octanol–water partition coefficient (Wildman–Crippen LogP) is 15.0. The van der Waals surface area contributed by atoms with Crippen molar-refractivity contribution in [2.75, 3.05) is 79.3 Å². The first-order chi connectivity index (χ1) is 40.0. The van der Waals surface area contributed by atoms with Gasteiger partial charge in [-0.05, 0) is 193 Å². The Labute approximate surface area is 499 Å². The minimum absolute atomic E-state index is 0.00617. The summed E-state index contributed by atoms with van der Waals surface area (Å²) >= 11 is 28.1. The molecule has 0 unspecified atom stereocenters. The monoisotopic (exact) mass is 1190 g/mol. The smallest absolute Gasteiger partial charge is 0.239 e. The van der Waals surface area contributed by atoms with Crippen LogP contribution in [-0.4, -0.2) is 99.7 Å². The van der Waals surface area contributed by atoms with Gasteiger partial charge in [0.05, 0.1) is 99.4 Å². The summed E-state index contributed by atoms with van der Waals surface area (Å²) in [6.45, 7) is 9.33. The molecule has 21 heterocycles. The molecule has 27 aliphatic rings. The Morgan fingerprint density at radius 1 is 0.293 bits per heavy atom. The van der Waals surface area contributed by atoms with Crippen molar-refractivity contribution in [2.45, 2.75) is 98.7 Å². The molecule has 11 fully saturated rings. The van der Waals surface area contributed by atoms with Crippen molar-refractivity contribution in [1.29, 1.82) is 0 Å². The Kier molecular flexibility index (Phi) is 16.7. The van der Waals surface area contributed by atoms with Gasteiger partial charge in [-0.15, -0.1) is 20.4 Å². The number of hydrogen-bond acceptors (Lipinski definition) is 14. The van der Waals surface area contributed by atoms with Crippen LogP contribution in [-0.2, 0) is 50.1 Å². The summed E-state index contributed by atoms with van der Waals surface area (Å²) in [5, 5.41) is 19.6. The van der Waals surface area contributed by atoms with Crippen LogP contribution in [0, 0.1) is 23.7 Å². The Hall–Kier alpha value is -4.84. The third kappa shape index (κ3) is 12.1. The molecule has 19 aliphatic heterocycles. The zero-order valence-corrected chi connectivity index (χ0v) is 48.9. The van der Waals surface area contributed by atoms with Crippen molar-refractivity contribution < 1.29 is 47.4 Å². The van der Waals surface area contributed by atoms with E-state index in [2.05, 4.69) is 68.9 Å². The molecule has 33 rings (SSSR count). The van der Waals surface area contributed by atoms with Gasteiger partial charge in [0, 0.05) is 24.3 Å². The van der Waals surface area contributed by atoms with Gasteiger partial charge >= 0.3 is 0 Å². The van der Waals surface area contributed by atoms with Gasteiger partial charge in [-0.3, -0.25) is 0 Å². The summed E-state index contributed by atoms with van der Waals surface area (Å²) in [4.78, 5) is 0. The molecule has 3 saturated heterocycles. The van der Waals surface area contributed by atoms with Crippen LogP contribution >= 0.6 is 46.4 Å². The molecule has 4 spiro atoms. The second kappa shape index (κ2) is 24.3. The second-order valence-electron chi connectivity index (χ2n) is 24.1. The Morgan fingerprint density at radius 2 is 0.500 bits per heavy atom. The molecular weight excluding hydrogens is 1130 g/mol. The summed E-state index contributed by atoms with van der Waals surface area (Å²) < 4.78 is 54.5. The van der Waals surface area contributed by atoms with Crippen molar-refractivity contribution in [3.8, 4) is 46.5 Å². The largest absolute Gasteiger partial charge is 0.436 e. The van der Waals surface area contributed by atoms with E-state index >= 15 is 0 Å². The number of hydrogen-bond donors (Lipinski definition) is 0. The number of halogens is 4. The van der Waals surface area contributed by atoms with E-state index in [1.807, 2.05) is 24.3 Å². The molecule has 8 saturated carbocycles. The van der Waals surface area contributed by atoms with Crippen molar-refractivity contribution >= 4 is 46.4 Å². The molecule has 82 heavy (non-hydrogen) atoms. The number of rotatable bonds is 0. The third-order valence-corrected chi connectivity index (χ3v) is 19.8. The van der Waals surface area contributed by atoms with Gasteiger partial charge in [0.1, 0.15) is 23.0 Å². The molecule has 0 atom stereocenters. The molecular formula is C64H68Cl4N4O10. The number of benzene rings is 4. The van der Waals surface area contributed by atoms with Crippen molar-refractivity contribution in [3.05, 3.63) is 139 Å². The van der Waals surface area contributed by atoms with Crippen LogP contribution < -0.4 is 18.9 Å². The van der Waals surface area contributed by atoms with Crippen molar-refractivity contribution in [1.82, 2.24) is 20.4 Å². The Balaban J connectivity index is 0.000000299. The highest BCUT2D eigenvalue weighted by molar-refractivity contribution is 6.33. The third-order valence-electron chi connectivity index (χ3n) is 18.6. The molecule has 0 amide bonds. The molecule has 14 nitrogen and oxygen atoms in total. The van der Waals surface area contributed by atoms with E-state index in [9.17, 15) is 0 Å². The SMILES string of the molecule is C1COCCO1.C1COCCO1.C1COCCO1.Clc1cc2ccc1Oc1ccc(nn1)Oc1ccc(cc1Cl)C13CC4CC(C1)CC(C4)(C3)c1ccc(c(Cl)c1)Oc1ccc(nn1)Oc1ccc(cc1Cl)C13CC4CC(CC2(C4)C1)C3. The van der Waals surface area contributed by atoms with Crippen LogP contribution in [0.25, 0.3) is 0 Å². The quantitative estimate of drug-likeness (QED) is 0.142. The summed E-state index contributed by atoms with van der Waals surface area (Å²) in [6.07, 6.45) is 13.8. The van der Waals surface area contributed by atoms with Gasteiger partial charge in [-0.2, -0.15) is 0 Å². The van der Waals surface area contributed by atoms with Crippen LogP contribution in [0.3, 0.4) is 0 Å². The molecule has 2 aromatic heterocycles. The van der Waals surface area contributed by atoms with E-state index < -0.39 is 0 Å². The average molecular weight is 1200 g/mol. The lowest BCUT2D eigenvalue weighted by molar-refractivity contribution is -0.0334. The number of ether oxygens (including phenoxy) is 10. The van der Waals surface area contributed by atoms with Crippen LogP contribution in [0.5, 0.6) is 46.5 Å². The lowest BCUT2D eigenvalue weighted by atomic mass is 9.41. The molecule has 8 aliphatic carbocycles. The number of aromatic nitrogens is 4. The highest BCUT2D eigenvalue weighted by Crippen LogP contribution is 2.68. The van der Waals surface area contributed by atoms with Crippen molar-refractivity contribution in [3.63, 3.8) is 0 Å². The van der Waals surface area contributed by atoms with Crippen LogP contribution in [0.15, 0.2) is 97.1 Å². The molecule has 18 heteroatoms.